The van der Waals surface area contributed by atoms with Crippen LogP contribution in [0.3, 0.4) is 0 Å². The molecular weight excluding hydrogens is 528 g/mol. The Morgan fingerprint density at radius 1 is 1.02 bits per heavy atom. The number of para-hydroxylation sites is 1. The van der Waals surface area contributed by atoms with E-state index < -0.39 is 23.8 Å². The predicted molar refractivity (Wildman–Crippen MR) is 152 cm³/mol. The van der Waals surface area contributed by atoms with Gasteiger partial charge in [-0.3, -0.25) is 9.59 Å². The predicted octanol–water partition coefficient (Wildman–Crippen LogP) is 5.45. The minimum Gasteiger partial charge on any atom is -0.491 e. The number of ether oxygens (including phenoxy) is 6. The molecule has 1 saturated carbocycles. The molecule has 1 aliphatic carbocycles. The molecule has 0 bridgehead atoms. The standard InChI is InChI=1S/C32H46O9/c1-32(41-30-18-10-12-20-37-30,22-38-24-13-5-4-6-14-24)23-39-31-25(15-7-2-3-8-16-28(34)35)26(33)21-27(31)40-29-17-9-11-19-36-29/h2,4-7,13-14,25,27,29-31H,3,8-12,15-23H2,1H3,(H,34,35). The Hall–Kier alpha value is -2.30. The number of benzene rings is 1. The molecule has 4 rings (SSSR count). The zero-order valence-corrected chi connectivity index (χ0v) is 24.2. The molecule has 0 spiro atoms. The van der Waals surface area contributed by atoms with Gasteiger partial charge in [-0.2, -0.15) is 0 Å². The van der Waals surface area contributed by atoms with Crippen LogP contribution in [0.4, 0.5) is 0 Å². The molecule has 9 heteroatoms. The number of rotatable bonds is 16. The molecule has 1 aromatic rings. The summed E-state index contributed by atoms with van der Waals surface area (Å²) in [5, 5.41) is 8.87. The maximum Gasteiger partial charge on any atom is 0.303 e. The molecule has 1 aromatic carbocycles. The zero-order chi connectivity index (χ0) is 28.9. The molecule has 2 saturated heterocycles. The molecule has 2 heterocycles. The molecule has 0 amide bonds. The molecule has 0 aromatic heterocycles. The summed E-state index contributed by atoms with van der Waals surface area (Å²) in [6, 6.07) is 9.60. The Morgan fingerprint density at radius 3 is 2.44 bits per heavy atom. The maximum absolute atomic E-state index is 13.2. The number of unbranched alkanes of at least 4 members (excludes halogenated alkanes) is 1. The summed E-state index contributed by atoms with van der Waals surface area (Å²) in [4.78, 5) is 24.0. The number of carboxylic acids is 1. The lowest BCUT2D eigenvalue weighted by Gasteiger charge is -2.37. The van der Waals surface area contributed by atoms with Gasteiger partial charge in [0.15, 0.2) is 12.6 Å². The smallest absolute Gasteiger partial charge is 0.303 e. The van der Waals surface area contributed by atoms with Crippen LogP contribution in [0.2, 0.25) is 0 Å². The average molecular weight is 575 g/mol. The normalized spacial score (nSPS) is 28.5. The highest BCUT2D eigenvalue weighted by Gasteiger charge is 2.46. The van der Waals surface area contributed by atoms with Gasteiger partial charge < -0.3 is 33.5 Å². The summed E-state index contributed by atoms with van der Waals surface area (Å²) in [7, 11) is 0. The Labute approximate surface area is 243 Å². The third-order valence-electron chi connectivity index (χ3n) is 7.78. The lowest BCUT2D eigenvalue weighted by molar-refractivity contribution is -0.252. The molecule has 3 aliphatic rings. The number of carbonyl (C=O) groups excluding carboxylic acids is 1. The fraction of sp³-hybridized carbons (Fsp3) is 0.688. The van der Waals surface area contributed by atoms with Crippen LogP contribution in [-0.2, 0) is 33.3 Å². The van der Waals surface area contributed by atoms with E-state index in [1.54, 1.807) is 0 Å². The summed E-state index contributed by atoms with van der Waals surface area (Å²) < 4.78 is 37.2. The second-order valence-electron chi connectivity index (χ2n) is 11.5. The summed E-state index contributed by atoms with van der Waals surface area (Å²) >= 11 is 0. The lowest BCUT2D eigenvalue weighted by Crippen LogP contribution is -2.47. The number of hydrogen-bond acceptors (Lipinski definition) is 8. The highest BCUT2D eigenvalue weighted by atomic mass is 16.7. The molecule has 1 N–H and O–H groups in total. The van der Waals surface area contributed by atoms with E-state index in [0.29, 0.717) is 32.5 Å². The number of ketones is 1. The quantitative estimate of drug-likeness (QED) is 0.203. The Kier molecular flexibility index (Phi) is 12.6. The first-order valence-electron chi connectivity index (χ1n) is 15.2. The van der Waals surface area contributed by atoms with Crippen LogP contribution in [0.5, 0.6) is 5.75 Å². The number of allylic oxidation sites excluding steroid dienone is 2. The van der Waals surface area contributed by atoms with E-state index in [-0.39, 0.29) is 50.3 Å². The van der Waals surface area contributed by atoms with Crippen LogP contribution in [0, 0.1) is 5.92 Å². The highest BCUT2D eigenvalue weighted by molar-refractivity contribution is 5.85. The van der Waals surface area contributed by atoms with E-state index >= 15 is 0 Å². The van der Waals surface area contributed by atoms with Crippen molar-refractivity contribution in [2.75, 3.05) is 26.4 Å². The summed E-state index contributed by atoms with van der Waals surface area (Å²) in [6.45, 7) is 3.73. The Bertz CT molecular complexity index is 955. The summed E-state index contributed by atoms with van der Waals surface area (Å²) in [6.07, 6.45) is 10.2. The van der Waals surface area contributed by atoms with Crippen LogP contribution in [-0.4, -0.2) is 73.7 Å². The van der Waals surface area contributed by atoms with Crippen molar-refractivity contribution in [2.45, 2.75) is 108 Å². The molecular formula is C32H46O9. The van der Waals surface area contributed by atoms with Crippen molar-refractivity contribution in [2.24, 2.45) is 5.92 Å². The molecule has 3 fully saturated rings. The topological polar surface area (TPSA) is 110 Å². The number of hydrogen-bond donors (Lipinski definition) is 1. The van der Waals surface area contributed by atoms with Crippen molar-refractivity contribution in [3.8, 4) is 5.75 Å². The highest BCUT2D eigenvalue weighted by Crippen LogP contribution is 2.34. The van der Waals surface area contributed by atoms with Crippen molar-refractivity contribution < 1.29 is 43.1 Å². The van der Waals surface area contributed by atoms with Gasteiger partial charge in [-0.25, -0.2) is 0 Å². The van der Waals surface area contributed by atoms with Crippen molar-refractivity contribution >= 4 is 11.8 Å². The van der Waals surface area contributed by atoms with E-state index in [4.69, 9.17) is 33.5 Å². The van der Waals surface area contributed by atoms with Gasteiger partial charge in [0, 0.05) is 26.1 Å². The van der Waals surface area contributed by atoms with Gasteiger partial charge in [0.1, 0.15) is 23.7 Å². The number of carbonyl (C=O) groups is 2. The minimum atomic E-state index is -0.827. The van der Waals surface area contributed by atoms with E-state index in [2.05, 4.69) is 0 Å². The molecule has 2 aliphatic heterocycles. The maximum atomic E-state index is 13.2. The van der Waals surface area contributed by atoms with Crippen molar-refractivity contribution in [1.29, 1.82) is 0 Å². The third-order valence-corrected chi connectivity index (χ3v) is 7.78. The molecule has 0 radical (unpaired) electrons. The van der Waals surface area contributed by atoms with Crippen LogP contribution < -0.4 is 4.74 Å². The van der Waals surface area contributed by atoms with Crippen LogP contribution in [0.25, 0.3) is 0 Å². The van der Waals surface area contributed by atoms with Crippen molar-refractivity contribution in [3.63, 3.8) is 0 Å². The summed E-state index contributed by atoms with van der Waals surface area (Å²) in [5.74, 6) is -0.332. The van der Waals surface area contributed by atoms with E-state index in [9.17, 15) is 9.59 Å². The largest absolute Gasteiger partial charge is 0.491 e. The number of carboxylic acid groups (broad SMARTS) is 1. The van der Waals surface area contributed by atoms with E-state index in [1.165, 1.54) is 0 Å². The average Bonchev–Trinajstić information content (AvgIpc) is 3.27. The number of aliphatic carboxylic acids is 1. The molecule has 6 unspecified atom stereocenters. The molecule has 6 atom stereocenters. The van der Waals surface area contributed by atoms with Crippen LogP contribution in [0.15, 0.2) is 42.5 Å². The summed E-state index contributed by atoms with van der Waals surface area (Å²) in [5.41, 5.74) is -0.827. The van der Waals surface area contributed by atoms with Crippen LogP contribution >= 0.6 is 0 Å². The van der Waals surface area contributed by atoms with Crippen molar-refractivity contribution in [1.82, 2.24) is 0 Å². The minimum absolute atomic E-state index is 0.102. The SMILES string of the molecule is CC(COc1ccccc1)(COC1C(OC2CCCCO2)CC(=O)C1CC=CCCCC(=O)O)OC1CCCCO1. The fourth-order valence-corrected chi connectivity index (χ4v) is 5.52. The monoisotopic (exact) mass is 574 g/mol. The van der Waals surface area contributed by atoms with Gasteiger partial charge in [-0.05, 0) is 76.8 Å². The van der Waals surface area contributed by atoms with Gasteiger partial charge in [-0.15, -0.1) is 0 Å². The lowest BCUT2D eigenvalue weighted by atomic mass is 9.99. The van der Waals surface area contributed by atoms with Gasteiger partial charge in [0.2, 0.25) is 0 Å². The van der Waals surface area contributed by atoms with Gasteiger partial charge >= 0.3 is 5.97 Å². The van der Waals surface area contributed by atoms with E-state index in [1.807, 2.05) is 49.4 Å². The molecule has 41 heavy (non-hydrogen) atoms. The van der Waals surface area contributed by atoms with Gasteiger partial charge in [0.05, 0.1) is 24.7 Å². The number of Topliss-reactive ketones (excluding diaryl/α,β-unsaturated/α-hetero) is 1. The van der Waals surface area contributed by atoms with Gasteiger partial charge in [-0.1, -0.05) is 30.4 Å². The van der Waals surface area contributed by atoms with E-state index in [0.717, 1.165) is 44.3 Å². The van der Waals surface area contributed by atoms with Gasteiger partial charge in [0.25, 0.3) is 0 Å². The van der Waals surface area contributed by atoms with Crippen LogP contribution in [0.1, 0.15) is 77.6 Å². The molecule has 9 nitrogen and oxygen atoms in total. The third kappa shape index (κ3) is 10.5. The fourth-order valence-electron chi connectivity index (χ4n) is 5.52. The first kappa shape index (κ1) is 31.6. The molecule has 228 valence electrons. The second-order valence-corrected chi connectivity index (χ2v) is 11.5. The zero-order valence-electron chi connectivity index (χ0n) is 24.2. The second kappa shape index (κ2) is 16.4. The Morgan fingerprint density at radius 2 is 1.76 bits per heavy atom. The first-order chi connectivity index (χ1) is 19.9. The first-order valence-corrected chi connectivity index (χ1v) is 15.2. The van der Waals surface area contributed by atoms with Crippen molar-refractivity contribution in [3.05, 3.63) is 42.5 Å². The Balaban J connectivity index is 1.44.